The Morgan fingerprint density at radius 2 is 1.50 bits per heavy atom. The van der Waals surface area contributed by atoms with Crippen LogP contribution in [0.2, 0.25) is 0 Å². The fraction of sp³-hybridized carbons (Fsp3) is 0.125. The molecule has 0 radical (unpaired) electrons. The van der Waals surface area contributed by atoms with Gasteiger partial charge in [0.05, 0.1) is 0 Å². The summed E-state index contributed by atoms with van der Waals surface area (Å²) in [7, 11) is 0. The van der Waals surface area contributed by atoms with E-state index < -0.39 is 0 Å². The average Bonchev–Trinajstić information content (AvgIpc) is 2.45. The topological polar surface area (TPSA) is 12.0 Å². The molecule has 0 atom stereocenters. The van der Waals surface area contributed by atoms with Crippen molar-refractivity contribution in [2.75, 3.05) is 17.7 Å². The molecule has 2 aromatic rings. The highest BCUT2D eigenvalue weighted by atomic mass is 35.5. The van der Waals surface area contributed by atoms with Gasteiger partial charge in [-0.2, -0.15) is 0 Å². The molecule has 2 rings (SSSR count). The van der Waals surface area contributed by atoms with Crippen molar-refractivity contribution in [3.05, 3.63) is 66.7 Å². The minimum atomic E-state index is 0.564. The molecule has 2 aromatic carbocycles. The van der Waals surface area contributed by atoms with Gasteiger partial charge in [0.25, 0.3) is 0 Å². The Morgan fingerprint density at radius 1 is 0.833 bits per heavy atom. The molecule has 0 aliphatic carbocycles. The third kappa shape index (κ3) is 3.64. The third-order valence-corrected chi connectivity index (χ3v) is 2.85. The first-order valence-electron chi connectivity index (χ1n) is 6.00. The van der Waals surface area contributed by atoms with Gasteiger partial charge in [-0.1, -0.05) is 54.6 Å². The van der Waals surface area contributed by atoms with Crippen LogP contribution in [0.25, 0.3) is 11.1 Å². The van der Waals surface area contributed by atoms with Gasteiger partial charge >= 0.3 is 0 Å². The number of hydrogen-bond acceptors (Lipinski definition) is 1. The summed E-state index contributed by atoms with van der Waals surface area (Å²) in [5.41, 5.74) is 3.59. The van der Waals surface area contributed by atoms with Crippen LogP contribution >= 0.6 is 11.6 Å². The van der Waals surface area contributed by atoms with E-state index in [1.54, 1.807) is 0 Å². The molecule has 92 valence electrons. The second-order valence-electron chi connectivity index (χ2n) is 3.95. The number of rotatable bonds is 5. The number of allylic oxidation sites excluding steroid dienone is 1. The highest BCUT2D eigenvalue weighted by Crippen LogP contribution is 2.20. The van der Waals surface area contributed by atoms with Gasteiger partial charge in [0.15, 0.2) is 0 Å². The van der Waals surface area contributed by atoms with Crippen molar-refractivity contribution in [2.45, 2.75) is 0 Å². The van der Waals surface area contributed by atoms with Crippen molar-refractivity contribution in [1.29, 1.82) is 0 Å². The lowest BCUT2D eigenvalue weighted by Crippen LogP contribution is -1.97. The van der Waals surface area contributed by atoms with Gasteiger partial charge in [0, 0.05) is 18.1 Å². The maximum atomic E-state index is 5.56. The molecular weight excluding hydrogens is 242 g/mol. The molecule has 0 bridgehead atoms. The van der Waals surface area contributed by atoms with Crippen LogP contribution in [-0.4, -0.2) is 12.4 Å². The summed E-state index contributed by atoms with van der Waals surface area (Å²) in [6.07, 6.45) is 3.96. The van der Waals surface area contributed by atoms with Gasteiger partial charge in [0.2, 0.25) is 0 Å². The Labute approximate surface area is 113 Å². The fourth-order valence-corrected chi connectivity index (χ4v) is 1.86. The van der Waals surface area contributed by atoms with Crippen LogP contribution < -0.4 is 5.32 Å². The van der Waals surface area contributed by atoms with Crippen molar-refractivity contribution < 1.29 is 0 Å². The van der Waals surface area contributed by atoms with E-state index in [1.807, 2.05) is 18.2 Å². The number of anilines is 1. The van der Waals surface area contributed by atoms with E-state index in [9.17, 15) is 0 Å². The third-order valence-electron chi connectivity index (χ3n) is 2.67. The number of hydrogen-bond donors (Lipinski definition) is 1. The maximum absolute atomic E-state index is 5.56. The first-order chi connectivity index (χ1) is 8.90. The SMILES string of the molecule is ClC/C=C/CNc1ccc(-c2ccccc2)cc1. The van der Waals surface area contributed by atoms with Crippen molar-refractivity contribution in [1.82, 2.24) is 0 Å². The standard InChI is InChI=1S/C16H16ClN/c17-12-4-5-13-18-16-10-8-15(9-11-16)14-6-2-1-3-7-14/h1-11,18H,12-13H2/b5-4+. The van der Waals surface area contributed by atoms with Gasteiger partial charge in [-0.25, -0.2) is 0 Å². The lowest BCUT2D eigenvalue weighted by Gasteiger charge is -2.05. The smallest absolute Gasteiger partial charge is 0.0404 e. The highest BCUT2D eigenvalue weighted by molar-refractivity contribution is 6.18. The fourth-order valence-electron chi connectivity index (χ4n) is 1.73. The summed E-state index contributed by atoms with van der Waals surface area (Å²) in [5, 5.41) is 3.31. The highest BCUT2D eigenvalue weighted by Gasteiger charge is 1.96. The van der Waals surface area contributed by atoms with Gasteiger partial charge < -0.3 is 5.32 Å². The molecule has 0 aliphatic rings. The van der Waals surface area contributed by atoms with Crippen LogP contribution in [0.3, 0.4) is 0 Å². The molecule has 1 N–H and O–H groups in total. The maximum Gasteiger partial charge on any atom is 0.0404 e. The van der Waals surface area contributed by atoms with Crippen molar-refractivity contribution >= 4 is 17.3 Å². The van der Waals surface area contributed by atoms with Crippen molar-refractivity contribution in [2.24, 2.45) is 0 Å². The molecule has 1 nitrogen and oxygen atoms in total. The van der Waals surface area contributed by atoms with Crippen LogP contribution in [0.15, 0.2) is 66.7 Å². The molecule has 0 saturated heterocycles. The predicted octanol–water partition coefficient (Wildman–Crippen LogP) is 4.56. The summed E-state index contributed by atoms with van der Waals surface area (Å²) < 4.78 is 0. The molecule has 2 heteroatoms. The largest absolute Gasteiger partial charge is 0.382 e. The van der Waals surface area contributed by atoms with Crippen molar-refractivity contribution in [3.63, 3.8) is 0 Å². The van der Waals surface area contributed by atoms with E-state index in [4.69, 9.17) is 11.6 Å². The molecule has 0 heterocycles. The van der Waals surface area contributed by atoms with Crippen molar-refractivity contribution in [3.8, 4) is 11.1 Å². The Balaban J connectivity index is 2.00. The van der Waals surface area contributed by atoms with Gasteiger partial charge in [0.1, 0.15) is 0 Å². The second kappa shape index (κ2) is 6.87. The van der Waals surface area contributed by atoms with Crippen LogP contribution in [0.5, 0.6) is 0 Å². The normalized spacial score (nSPS) is 10.7. The lowest BCUT2D eigenvalue weighted by atomic mass is 10.1. The molecule has 0 aromatic heterocycles. The second-order valence-corrected chi connectivity index (χ2v) is 4.26. The quantitative estimate of drug-likeness (QED) is 0.612. The van der Waals surface area contributed by atoms with E-state index in [0.29, 0.717) is 5.88 Å². The Hall–Kier alpha value is -1.73. The molecular formula is C16H16ClN. The minimum absolute atomic E-state index is 0.564. The zero-order valence-corrected chi connectivity index (χ0v) is 10.9. The zero-order chi connectivity index (χ0) is 12.6. The van der Waals surface area contributed by atoms with Gasteiger partial charge in [-0.15, -0.1) is 11.6 Å². The number of nitrogens with one attached hydrogen (secondary N) is 1. The molecule has 0 fully saturated rings. The van der Waals surface area contributed by atoms with E-state index in [-0.39, 0.29) is 0 Å². The summed E-state index contributed by atoms with van der Waals surface area (Å²) >= 11 is 5.56. The van der Waals surface area contributed by atoms with E-state index in [1.165, 1.54) is 11.1 Å². The number of benzene rings is 2. The van der Waals surface area contributed by atoms with Gasteiger partial charge in [-0.3, -0.25) is 0 Å². The van der Waals surface area contributed by atoms with Crippen LogP contribution in [0.4, 0.5) is 5.69 Å². The van der Waals surface area contributed by atoms with E-state index in [2.05, 4.69) is 53.8 Å². The van der Waals surface area contributed by atoms with Crippen LogP contribution in [-0.2, 0) is 0 Å². The Kier molecular flexibility index (Phi) is 4.86. The summed E-state index contributed by atoms with van der Waals surface area (Å²) in [6.45, 7) is 0.803. The first-order valence-corrected chi connectivity index (χ1v) is 6.54. The van der Waals surface area contributed by atoms with Gasteiger partial charge in [-0.05, 0) is 23.3 Å². The molecule has 0 amide bonds. The first kappa shape index (κ1) is 12.7. The Bertz CT molecular complexity index is 488. The Morgan fingerprint density at radius 3 is 2.17 bits per heavy atom. The molecule has 18 heavy (non-hydrogen) atoms. The van der Waals surface area contributed by atoms with Crippen LogP contribution in [0, 0.1) is 0 Å². The summed E-state index contributed by atoms with van der Waals surface area (Å²) in [4.78, 5) is 0. The van der Waals surface area contributed by atoms with E-state index in [0.717, 1.165) is 12.2 Å². The molecule has 0 spiro atoms. The summed E-state index contributed by atoms with van der Waals surface area (Å²) in [6, 6.07) is 18.8. The number of halogens is 1. The molecule has 0 unspecified atom stereocenters. The average molecular weight is 258 g/mol. The minimum Gasteiger partial charge on any atom is -0.382 e. The zero-order valence-electron chi connectivity index (χ0n) is 10.1. The predicted molar refractivity (Wildman–Crippen MR) is 80.2 cm³/mol. The lowest BCUT2D eigenvalue weighted by molar-refractivity contribution is 1.33. The summed E-state index contributed by atoms with van der Waals surface area (Å²) in [5.74, 6) is 0.564. The van der Waals surface area contributed by atoms with E-state index >= 15 is 0 Å². The molecule has 0 aliphatic heterocycles. The van der Waals surface area contributed by atoms with Crippen LogP contribution in [0.1, 0.15) is 0 Å². The molecule has 0 saturated carbocycles. The number of alkyl halides is 1. The monoisotopic (exact) mass is 257 g/mol.